The van der Waals surface area contributed by atoms with Gasteiger partial charge < -0.3 is 15.4 Å². The smallest absolute Gasteiger partial charge is 0.407 e. The van der Waals surface area contributed by atoms with E-state index in [0.29, 0.717) is 16.9 Å². The first-order valence-corrected chi connectivity index (χ1v) is 12.9. The third-order valence-corrected chi connectivity index (χ3v) is 6.94. The normalized spacial score (nSPS) is 11.9. The van der Waals surface area contributed by atoms with Crippen molar-refractivity contribution in [2.24, 2.45) is 0 Å². The van der Waals surface area contributed by atoms with Crippen molar-refractivity contribution in [1.82, 2.24) is 19.3 Å². The van der Waals surface area contributed by atoms with Crippen LogP contribution in [0.2, 0.25) is 5.28 Å². The second-order valence-electron chi connectivity index (χ2n) is 9.19. The summed E-state index contributed by atoms with van der Waals surface area (Å²) in [5, 5.41) is 6.27. The lowest BCUT2D eigenvalue weighted by Crippen LogP contribution is -2.32. The minimum absolute atomic E-state index is 0.105. The number of ether oxygens (including phenoxy) is 1. The highest BCUT2D eigenvalue weighted by Gasteiger charge is 2.22. The van der Waals surface area contributed by atoms with Crippen molar-refractivity contribution < 1.29 is 17.9 Å². The van der Waals surface area contributed by atoms with Crippen LogP contribution in [0.3, 0.4) is 0 Å². The molecule has 2 N–H and O–H groups in total. The van der Waals surface area contributed by atoms with Crippen LogP contribution in [0.5, 0.6) is 0 Å². The molecule has 4 rings (SSSR count). The molecule has 0 saturated heterocycles. The Morgan fingerprint density at radius 2 is 1.81 bits per heavy atom. The first-order valence-electron chi connectivity index (χ1n) is 11.1. The van der Waals surface area contributed by atoms with Gasteiger partial charge in [-0.05, 0) is 75.2 Å². The fourth-order valence-electron chi connectivity index (χ4n) is 3.46. The summed E-state index contributed by atoms with van der Waals surface area (Å²) in [6, 6.07) is 15.5. The molecule has 0 unspecified atom stereocenters. The van der Waals surface area contributed by atoms with Gasteiger partial charge >= 0.3 is 6.09 Å². The zero-order chi connectivity index (χ0) is 26.1. The molecule has 2 heterocycles. The Morgan fingerprint density at radius 3 is 2.50 bits per heavy atom. The SMILES string of the molecule is Cc1ccc(S(=O)(=O)n2ccc3c(Nc4cccc(CNC(=O)OC(C)(C)C)c4)nc(Cl)nc32)cc1. The number of aromatic nitrogens is 3. The van der Waals surface area contributed by atoms with Crippen LogP contribution in [0.25, 0.3) is 11.0 Å². The van der Waals surface area contributed by atoms with Crippen LogP contribution in [-0.4, -0.2) is 34.1 Å². The number of carbonyl (C=O) groups is 1. The van der Waals surface area contributed by atoms with Crippen molar-refractivity contribution in [3.63, 3.8) is 0 Å². The van der Waals surface area contributed by atoms with Gasteiger partial charge in [0.15, 0.2) is 5.65 Å². The number of rotatable bonds is 6. The number of hydrogen-bond donors (Lipinski definition) is 2. The number of nitrogens with zero attached hydrogens (tertiary/aromatic N) is 3. The lowest BCUT2D eigenvalue weighted by molar-refractivity contribution is 0.0523. The maximum Gasteiger partial charge on any atom is 0.407 e. The van der Waals surface area contributed by atoms with Crippen molar-refractivity contribution in [3.05, 3.63) is 77.2 Å². The molecule has 9 nitrogen and oxygen atoms in total. The standard InChI is InChI=1S/C25H26ClN5O4S/c1-16-8-10-19(11-9-16)36(33,34)31-13-12-20-21(29-23(26)30-22(20)31)28-18-7-5-6-17(14-18)15-27-24(32)35-25(2,3)4/h5-14H,15H2,1-4H3,(H,27,32)(H,28,29,30). The Balaban J connectivity index is 1.61. The first kappa shape index (κ1) is 25.5. The molecule has 0 spiro atoms. The molecule has 4 aromatic rings. The molecular weight excluding hydrogens is 502 g/mol. The number of aryl methyl sites for hydroxylation is 1. The van der Waals surface area contributed by atoms with Gasteiger partial charge in [-0.1, -0.05) is 29.8 Å². The number of alkyl carbamates (subject to hydrolysis) is 1. The molecule has 0 radical (unpaired) electrons. The minimum atomic E-state index is -3.89. The van der Waals surface area contributed by atoms with Crippen LogP contribution in [0.15, 0.2) is 65.7 Å². The molecule has 2 aromatic carbocycles. The molecule has 11 heteroatoms. The van der Waals surface area contributed by atoms with Crippen LogP contribution in [0, 0.1) is 6.92 Å². The highest BCUT2D eigenvalue weighted by Crippen LogP contribution is 2.29. The fraction of sp³-hybridized carbons (Fsp3) is 0.240. The Hall–Kier alpha value is -3.63. The third-order valence-electron chi connectivity index (χ3n) is 5.09. The van der Waals surface area contributed by atoms with Crippen molar-refractivity contribution in [2.45, 2.75) is 44.7 Å². The van der Waals surface area contributed by atoms with Crippen LogP contribution in [0.4, 0.5) is 16.3 Å². The summed E-state index contributed by atoms with van der Waals surface area (Å²) in [4.78, 5) is 20.5. The average Bonchev–Trinajstić information content (AvgIpc) is 3.22. The van der Waals surface area contributed by atoms with E-state index in [1.54, 1.807) is 51.1 Å². The van der Waals surface area contributed by atoms with E-state index in [2.05, 4.69) is 20.6 Å². The van der Waals surface area contributed by atoms with Gasteiger partial charge in [0.2, 0.25) is 5.28 Å². The number of fused-ring (bicyclic) bond motifs is 1. The average molecular weight is 528 g/mol. The summed E-state index contributed by atoms with van der Waals surface area (Å²) in [7, 11) is -3.89. The number of hydrogen-bond acceptors (Lipinski definition) is 7. The summed E-state index contributed by atoms with van der Waals surface area (Å²) in [6.07, 6.45) is 0.915. The molecule has 0 saturated carbocycles. The molecule has 0 aliphatic heterocycles. The number of nitrogens with one attached hydrogen (secondary N) is 2. The second-order valence-corrected chi connectivity index (χ2v) is 11.3. The lowest BCUT2D eigenvalue weighted by Gasteiger charge is -2.19. The van der Waals surface area contributed by atoms with Crippen LogP contribution in [0.1, 0.15) is 31.9 Å². The fourth-order valence-corrected chi connectivity index (χ4v) is 4.92. The Kier molecular flexibility index (Phi) is 6.92. The second kappa shape index (κ2) is 9.79. The van der Waals surface area contributed by atoms with E-state index < -0.39 is 21.7 Å². The van der Waals surface area contributed by atoms with E-state index >= 15 is 0 Å². The van der Waals surface area contributed by atoms with Gasteiger partial charge in [-0.25, -0.2) is 17.2 Å². The third kappa shape index (κ3) is 5.77. The number of carbonyl (C=O) groups excluding carboxylic acids is 1. The Bertz CT molecular complexity index is 1530. The summed E-state index contributed by atoms with van der Waals surface area (Å²) < 4.78 is 32.9. The maximum absolute atomic E-state index is 13.3. The van der Waals surface area contributed by atoms with E-state index in [1.807, 2.05) is 31.2 Å². The molecule has 0 aliphatic rings. The van der Waals surface area contributed by atoms with Crippen molar-refractivity contribution in [2.75, 3.05) is 5.32 Å². The quantitative estimate of drug-likeness (QED) is 0.322. The zero-order valence-corrected chi connectivity index (χ0v) is 21.8. The van der Waals surface area contributed by atoms with Crippen molar-refractivity contribution >= 4 is 50.3 Å². The van der Waals surface area contributed by atoms with Gasteiger partial charge in [0.1, 0.15) is 11.4 Å². The topological polar surface area (TPSA) is 115 Å². The molecule has 0 aliphatic carbocycles. The molecule has 2 aromatic heterocycles. The molecule has 0 fully saturated rings. The van der Waals surface area contributed by atoms with E-state index in [1.165, 1.54) is 6.20 Å². The van der Waals surface area contributed by atoms with Gasteiger partial charge in [-0.2, -0.15) is 9.97 Å². The number of benzene rings is 2. The van der Waals surface area contributed by atoms with E-state index in [4.69, 9.17) is 16.3 Å². The van der Waals surface area contributed by atoms with Crippen molar-refractivity contribution in [3.8, 4) is 0 Å². The Labute approximate surface area is 214 Å². The summed E-state index contributed by atoms with van der Waals surface area (Å²) in [5.74, 6) is 0.347. The van der Waals surface area contributed by atoms with Gasteiger partial charge in [0, 0.05) is 18.4 Å². The molecule has 36 heavy (non-hydrogen) atoms. The van der Waals surface area contributed by atoms with Gasteiger partial charge in [0.05, 0.1) is 10.3 Å². The Morgan fingerprint density at radius 1 is 1.08 bits per heavy atom. The highest BCUT2D eigenvalue weighted by atomic mass is 35.5. The summed E-state index contributed by atoms with van der Waals surface area (Å²) >= 11 is 6.17. The number of anilines is 2. The lowest BCUT2D eigenvalue weighted by atomic mass is 10.2. The maximum atomic E-state index is 13.3. The minimum Gasteiger partial charge on any atom is -0.444 e. The zero-order valence-electron chi connectivity index (χ0n) is 20.2. The predicted molar refractivity (Wildman–Crippen MR) is 139 cm³/mol. The van der Waals surface area contributed by atoms with Gasteiger partial charge in [-0.3, -0.25) is 0 Å². The van der Waals surface area contributed by atoms with Gasteiger partial charge in [0.25, 0.3) is 10.0 Å². The highest BCUT2D eigenvalue weighted by molar-refractivity contribution is 7.90. The van der Waals surface area contributed by atoms with E-state index in [9.17, 15) is 13.2 Å². The number of amides is 1. The molecule has 1 amide bonds. The van der Waals surface area contributed by atoms with Crippen LogP contribution >= 0.6 is 11.6 Å². The van der Waals surface area contributed by atoms with Crippen molar-refractivity contribution in [1.29, 1.82) is 0 Å². The van der Waals surface area contributed by atoms with E-state index in [0.717, 1.165) is 15.1 Å². The predicted octanol–water partition coefficient (Wildman–Crippen LogP) is 5.40. The molecular formula is C25H26ClN5O4S. The summed E-state index contributed by atoms with van der Waals surface area (Å²) in [5.41, 5.74) is 2.01. The van der Waals surface area contributed by atoms with Gasteiger partial charge in [-0.15, -0.1) is 0 Å². The monoisotopic (exact) mass is 527 g/mol. The molecule has 0 atom stereocenters. The molecule has 0 bridgehead atoms. The summed E-state index contributed by atoms with van der Waals surface area (Å²) in [6.45, 7) is 7.53. The number of halogens is 1. The van der Waals surface area contributed by atoms with Crippen LogP contribution < -0.4 is 10.6 Å². The largest absolute Gasteiger partial charge is 0.444 e. The van der Waals surface area contributed by atoms with Crippen LogP contribution in [-0.2, 0) is 21.3 Å². The molecule has 188 valence electrons. The first-order chi connectivity index (χ1) is 16.9. The van der Waals surface area contributed by atoms with E-state index in [-0.39, 0.29) is 22.4 Å².